The second-order valence-corrected chi connectivity index (χ2v) is 7.48. The molecule has 1 aliphatic heterocycles. The maximum atomic E-state index is 12.9. The van der Waals surface area contributed by atoms with E-state index >= 15 is 0 Å². The number of imidazole rings is 1. The molecule has 2 N–H and O–H groups in total. The molecule has 1 aliphatic rings. The third kappa shape index (κ3) is 3.15. The summed E-state index contributed by atoms with van der Waals surface area (Å²) in [5.41, 5.74) is 2.56. The molecule has 1 fully saturated rings. The highest BCUT2D eigenvalue weighted by atomic mass is 35.5. The maximum absolute atomic E-state index is 12.9. The largest absolute Gasteiger partial charge is 0.506 e. The Labute approximate surface area is 177 Å². The number of piperazine rings is 1. The van der Waals surface area contributed by atoms with Crippen molar-refractivity contribution < 1.29 is 5.11 Å². The first-order valence-electron chi connectivity index (χ1n) is 9.62. The van der Waals surface area contributed by atoms with Gasteiger partial charge in [0.1, 0.15) is 10.8 Å². The number of aromatic hydroxyl groups is 1. The third-order valence-corrected chi connectivity index (χ3v) is 5.68. The molecule has 0 saturated carbocycles. The molecule has 1 saturated heterocycles. The standard InChI is InChI=1S/C21H19ClN6O2/c22-19-17(27-11-9-26(10-12-27)16-7-3-4-8-18(16)29)13-23-28(20(19)30)21-24-14-5-1-2-6-15(14)25-21/h1-8,13,29H,9-12H2,(H,24,25). The second kappa shape index (κ2) is 7.38. The van der Waals surface area contributed by atoms with Gasteiger partial charge in [-0.2, -0.15) is 9.78 Å². The van der Waals surface area contributed by atoms with E-state index < -0.39 is 5.56 Å². The van der Waals surface area contributed by atoms with E-state index in [1.54, 1.807) is 18.3 Å². The Hall–Kier alpha value is -3.52. The molecule has 5 rings (SSSR count). The van der Waals surface area contributed by atoms with Crippen molar-refractivity contribution in [3.8, 4) is 11.7 Å². The highest BCUT2D eigenvalue weighted by Gasteiger charge is 2.23. The van der Waals surface area contributed by atoms with Crippen molar-refractivity contribution in [1.82, 2.24) is 19.7 Å². The first-order valence-corrected chi connectivity index (χ1v) is 10.0. The van der Waals surface area contributed by atoms with Gasteiger partial charge in [-0.15, -0.1) is 0 Å². The summed E-state index contributed by atoms with van der Waals surface area (Å²) in [4.78, 5) is 24.5. The molecule has 152 valence electrons. The number of anilines is 2. The molecule has 2 aromatic heterocycles. The lowest BCUT2D eigenvalue weighted by atomic mass is 10.2. The van der Waals surface area contributed by atoms with Crippen molar-refractivity contribution in [1.29, 1.82) is 0 Å². The Balaban J connectivity index is 1.39. The van der Waals surface area contributed by atoms with Crippen LogP contribution >= 0.6 is 11.6 Å². The van der Waals surface area contributed by atoms with Gasteiger partial charge in [-0.25, -0.2) is 4.98 Å². The van der Waals surface area contributed by atoms with Gasteiger partial charge in [-0.3, -0.25) is 4.79 Å². The van der Waals surface area contributed by atoms with Gasteiger partial charge in [0.2, 0.25) is 5.95 Å². The Bertz CT molecular complexity index is 1240. The number of fused-ring (bicyclic) bond motifs is 1. The van der Waals surface area contributed by atoms with Gasteiger partial charge in [0.05, 0.1) is 28.6 Å². The van der Waals surface area contributed by atoms with Crippen LogP contribution in [0.5, 0.6) is 5.75 Å². The van der Waals surface area contributed by atoms with E-state index in [0.29, 0.717) is 37.8 Å². The van der Waals surface area contributed by atoms with E-state index in [1.165, 1.54) is 4.68 Å². The first-order chi connectivity index (χ1) is 14.6. The molecule has 0 bridgehead atoms. The summed E-state index contributed by atoms with van der Waals surface area (Å²) < 4.78 is 1.18. The molecule has 0 aliphatic carbocycles. The molecular formula is C21H19ClN6O2. The zero-order valence-electron chi connectivity index (χ0n) is 16.0. The lowest BCUT2D eigenvalue weighted by molar-refractivity contribution is 0.472. The van der Waals surface area contributed by atoms with Crippen LogP contribution in [0, 0.1) is 0 Å². The summed E-state index contributed by atoms with van der Waals surface area (Å²) in [5, 5.41) is 14.5. The number of nitrogens with one attached hydrogen (secondary N) is 1. The SMILES string of the molecule is O=c1c(Cl)c(N2CCN(c3ccccc3O)CC2)cnn1-c1nc2ccccc2[nH]1. The number of rotatable bonds is 3. The van der Waals surface area contributed by atoms with E-state index in [4.69, 9.17) is 11.6 Å². The van der Waals surface area contributed by atoms with Crippen molar-refractivity contribution in [3.05, 3.63) is 70.1 Å². The van der Waals surface area contributed by atoms with Crippen molar-refractivity contribution in [2.45, 2.75) is 0 Å². The van der Waals surface area contributed by atoms with Gasteiger partial charge < -0.3 is 19.9 Å². The zero-order valence-corrected chi connectivity index (χ0v) is 16.8. The number of hydrogen-bond acceptors (Lipinski definition) is 6. The third-order valence-electron chi connectivity index (χ3n) is 5.32. The van der Waals surface area contributed by atoms with Gasteiger partial charge in [-0.1, -0.05) is 35.9 Å². The van der Waals surface area contributed by atoms with Crippen LogP contribution in [0.4, 0.5) is 11.4 Å². The topological polar surface area (TPSA) is 90.3 Å². The van der Waals surface area contributed by atoms with E-state index in [2.05, 4.69) is 20.0 Å². The van der Waals surface area contributed by atoms with Gasteiger partial charge in [0, 0.05) is 26.2 Å². The van der Waals surface area contributed by atoms with Crippen molar-refractivity contribution in [3.63, 3.8) is 0 Å². The van der Waals surface area contributed by atoms with Crippen LogP contribution in [0.25, 0.3) is 17.0 Å². The summed E-state index contributed by atoms with van der Waals surface area (Å²) in [6, 6.07) is 14.8. The Morgan fingerprint density at radius 1 is 0.933 bits per heavy atom. The van der Waals surface area contributed by atoms with Gasteiger partial charge in [0.25, 0.3) is 5.56 Å². The summed E-state index contributed by atoms with van der Waals surface area (Å²) >= 11 is 6.45. The number of para-hydroxylation sites is 4. The molecule has 0 spiro atoms. The lowest BCUT2D eigenvalue weighted by Crippen LogP contribution is -2.47. The summed E-state index contributed by atoms with van der Waals surface area (Å²) in [6.45, 7) is 2.70. The molecule has 3 heterocycles. The fourth-order valence-corrected chi connectivity index (χ4v) is 4.00. The molecule has 0 amide bonds. The molecule has 4 aromatic rings. The zero-order chi connectivity index (χ0) is 20.7. The number of aromatic nitrogens is 4. The van der Waals surface area contributed by atoms with Crippen LogP contribution in [-0.2, 0) is 0 Å². The minimum Gasteiger partial charge on any atom is -0.506 e. The highest BCUT2D eigenvalue weighted by molar-refractivity contribution is 6.33. The number of aromatic amines is 1. The van der Waals surface area contributed by atoms with Crippen LogP contribution in [0.3, 0.4) is 0 Å². The van der Waals surface area contributed by atoms with Crippen LogP contribution < -0.4 is 15.4 Å². The molecule has 9 heteroatoms. The van der Waals surface area contributed by atoms with Crippen LogP contribution in [0.15, 0.2) is 59.5 Å². The Kier molecular flexibility index (Phi) is 4.55. The number of halogens is 1. The second-order valence-electron chi connectivity index (χ2n) is 7.10. The van der Waals surface area contributed by atoms with Crippen LogP contribution in [0.2, 0.25) is 5.02 Å². The number of hydrogen-bond donors (Lipinski definition) is 2. The molecule has 0 unspecified atom stereocenters. The molecule has 8 nitrogen and oxygen atoms in total. The normalized spacial score (nSPS) is 14.4. The minimum absolute atomic E-state index is 0.112. The van der Waals surface area contributed by atoms with Crippen molar-refractivity contribution >= 4 is 34.0 Å². The summed E-state index contributed by atoms with van der Waals surface area (Å²) in [7, 11) is 0. The number of H-pyrrole nitrogens is 1. The molecule has 0 atom stereocenters. The molecule has 2 aromatic carbocycles. The Morgan fingerprint density at radius 3 is 2.33 bits per heavy atom. The molecule has 0 radical (unpaired) electrons. The van der Waals surface area contributed by atoms with Gasteiger partial charge in [0.15, 0.2) is 0 Å². The number of phenolic OH excluding ortho intramolecular Hbond substituents is 1. The molecular weight excluding hydrogens is 404 g/mol. The smallest absolute Gasteiger partial charge is 0.295 e. The predicted molar refractivity (Wildman–Crippen MR) is 117 cm³/mol. The average Bonchev–Trinajstić information content (AvgIpc) is 3.20. The number of benzene rings is 2. The average molecular weight is 423 g/mol. The van der Waals surface area contributed by atoms with E-state index in [1.807, 2.05) is 41.3 Å². The summed E-state index contributed by atoms with van der Waals surface area (Å²) in [6.07, 6.45) is 1.60. The van der Waals surface area contributed by atoms with E-state index in [-0.39, 0.29) is 10.8 Å². The van der Waals surface area contributed by atoms with Crippen LogP contribution in [0.1, 0.15) is 0 Å². The Morgan fingerprint density at radius 2 is 1.60 bits per heavy atom. The monoisotopic (exact) mass is 422 g/mol. The van der Waals surface area contributed by atoms with E-state index in [9.17, 15) is 9.90 Å². The van der Waals surface area contributed by atoms with Crippen molar-refractivity contribution in [2.24, 2.45) is 0 Å². The van der Waals surface area contributed by atoms with Crippen molar-refractivity contribution in [2.75, 3.05) is 36.0 Å². The fraction of sp³-hybridized carbons (Fsp3) is 0.190. The first kappa shape index (κ1) is 18.5. The minimum atomic E-state index is -0.420. The molecule has 30 heavy (non-hydrogen) atoms. The fourth-order valence-electron chi connectivity index (χ4n) is 3.75. The lowest BCUT2D eigenvalue weighted by Gasteiger charge is -2.37. The van der Waals surface area contributed by atoms with Gasteiger partial charge >= 0.3 is 0 Å². The predicted octanol–water partition coefficient (Wildman–Crippen LogP) is 2.79. The van der Waals surface area contributed by atoms with Crippen LogP contribution in [-0.4, -0.2) is 51.0 Å². The maximum Gasteiger partial charge on any atom is 0.295 e. The van der Waals surface area contributed by atoms with E-state index in [0.717, 1.165) is 16.7 Å². The highest BCUT2D eigenvalue weighted by Crippen LogP contribution is 2.29. The summed E-state index contributed by atoms with van der Waals surface area (Å²) in [5.74, 6) is 0.595. The number of nitrogens with zero attached hydrogens (tertiary/aromatic N) is 5. The quantitative estimate of drug-likeness (QED) is 0.527. The van der Waals surface area contributed by atoms with Gasteiger partial charge in [-0.05, 0) is 24.3 Å². The number of phenols is 1.